The van der Waals surface area contributed by atoms with E-state index in [1.165, 1.54) is 25.7 Å². The molecular weight excluding hydrogens is 408 g/mol. The zero-order valence-electron chi connectivity index (χ0n) is 15.4. The molecule has 5 rings (SSSR count). The summed E-state index contributed by atoms with van der Waals surface area (Å²) in [6, 6.07) is 0.656. The molecule has 1 saturated carbocycles. The number of halogens is 1. The van der Waals surface area contributed by atoms with Crippen molar-refractivity contribution in [1.82, 2.24) is 34.3 Å². The first-order valence-electron chi connectivity index (χ1n) is 9.45. The first-order chi connectivity index (χ1) is 13.2. The molecule has 140 valence electrons. The summed E-state index contributed by atoms with van der Waals surface area (Å²) >= 11 is 3.48. The van der Waals surface area contributed by atoms with Crippen LogP contribution in [0.3, 0.4) is 0 Å². The van der Waals surface area contributed by atoms with E-state index in [0.29, 0.717) is 16.7 Å². The van der Waals surface area contributed by atoms with Crippen molar-refractivity contribution in [3.05, 3.63) is 35.0 Å². The molecule has 2 aliphatic rings. The van der Waals surface area contributed by atoms with Crippen LogP contribution in [-0.4, -0.2) is 40.3 Å². The zero-order valence-corrected chi connectivity index (χ0v) is 17.0. The molecule has 0 spiro atoms. The van der Waals surface area contributed by atoms with Gasteiger partial charge in [-0.1, -0.05) is 19.8 Å². The minimum Gasteiger partial charge on any atom is -0.341 e. The maximum Gasteiger partial charge on any atom is 0.238 e. The van der Waals surface area contributed by atoms with E-state index in [-0.39, 0.29) is 6.04 Å². The Balaban J connectivity index is 1.75. The summed E-state index contributed by atoms with van der Waals surface area (Å²) in [6.07, 6.45) is 11.3. The molecule has 1 fully saturated rings. The van der Waals surface area contributed by atoms with Gasteiger partial charge in [0, 0.05) is 18.4 Å². The molecule has 3 aromatic heterocycles. The number of imidazole rings is 1. The lowest BCUT2D eigenvalue weighted by atomic mass is 10.0. The Morgan fingerprint density at radius 3 is 2.70 bits per heavy atom. The summed E-state index contributed by atoms with van der Waals surface area (Å²) in [6.45, 7) is 4.23. The van der Waals surface area contributed by atoms with Gasteiger partial charge in [-0.05, 0) is 42.1 Å². The summed E-state index contributed by atoms with van der Waals surface area (Å²) in [5.41, 5.74) is 1.90. The summed E-state index contributed by atoms with van der Waals surface area (Å²) in [4.78, 5) is 16.5. The van der Waals surface area contributed by atoms with Crippen molar-refractivity contribution >= 4 is 21.7 Å². The molecule has 3 aromatic rings. The minimum atomic E-state index is 0.177. The van der Waals surface area contributed by atoms with E-state index < -0.39 is 0 Å². The van der Waals surface area contributed by atoms with Gasteiger partial charge in [0.25, 0.3) is 0 Å². The molecule has 0 unspecified atom stereocenters. The lowest BCUT2D eigenvalue weighted by molar-refractivity contribution is 0.467. The second kappa shape index (κ2) is 6.40. The number of nitrogens with zero attached hydrogens (tertiary/aromatic N) is 8. The van der Waals surface area contributed by atoms with Crippen molar-refractivity contribution in [3.8, 4) is 11.6 Å². The van der Waals surface area contributed by atoms with E-state index >= 15 is 0 Å². The van der Waals surface area contributed by atoms with E-state index in [1.54, 1.807) is 12.5 Å². The maximum atomic E-state index is 5.01. The van der Waals surface area contributed by atoms with Crippen LogP contribution in [0.5, 0.6) is 0 Å². The quantitative estimate of drug-likeness (QED) is 0.634. The van der Waals surface area contributed by atoms with Crippen LogP contribution in [0.2, 0.25) is 0 Å². The summed E-state index contributed by atoms with van der Waals surface area (Å²) in [5.74, 6) is 2.59. The molecule has 0 N–H and O–H groups in total. The van der Waals surface area contributed by atoms with Gasteiger partial charge in [0.05, 0.1) is 11.7 Å². The van der Waals surface area contributed by atoms with Crippen molar-refractivity contribution in [2.24, 2.45) is 0 Å². The Hall–Kier alpha value is -2.29. The van der Waals surface area contributed by atoms with E-state index in [0.717, 1.165) is 29.4 Å². The van der Waals surface area contributed by atoms with Crippen molar-refractivity contribution in [2.45, 2.75) is 58.0 Å². The van der Waals surface area contributed by atoms with Crippen molar-refractivity contribution in [3.63, 3.8) is 0 Å². The standard InChI is InChI=1S/C18H21BrN8/c1-3-13-15-24-21-10-26(15)14-11(2)22-18(25-9-8-20-17(25)19)23-16(14)27(13)12-6-4-5-7-12/h8-10,12-13H,3-7H2,1-2H3/t13-/m1/s1. The normalized spacial score (nSPS) is 19.4. The van der Waals surface area contributed by atoms with Crippen molar-refractivity contribution < 1.29 is 0 Å². The number of hydrogen-bond acceptors (Lipinski definition) is 6. The van der Waals surface area contributed by atoms with Crippen molar-refractivity contribution in [2.75, 3.05) is 4.90 Å². The van der Waals surface area contributed by atoms with Crippen LogP contribution in [0, 0.1) is 6.92 Å². The zero-order chi connectivity index (χ0) is 18.5. The Morgan fingerprint density at radius 2 is 2.00 bits per heavy atom. The second-order valence-corrected chi connectivity index (χ2v) is 7.89. The predicted octanol–water partition coefficient (Wildman–Crippen LogP) is 3.53. The van der Waals surface area contributed by atoms with Gasteiger partial charge in [0.15, 0.2) is 16.4 Å². The monoisotopic (exact) mass is 428 g/mol. The fourth-order valence-corrected chi connectivity index (χ4v) is 4.84. The van der Waals surface area contributed by atoms with E-state index in [2.05, 4.69) is 47.5 Å². The predicted molar refractivity (Wildman–Crippen MR) is 104 cm³/mol. The van der Waals surface area contributed by atoms with Crippen LogP contribution >= 0.6 is 15.9 Å². The maximum absolute atomic E-state index is 5.01. The van der Waals surface area contributed by atoms with Gasteiger partial charge < -0.3 is 4.90 Å². The first kappa shape index (κ1) is 16.9. The average Bonchev–Trinajstić information content (AvgIpc) is 3.41. The van der Waals surface area contributed by atoms with Gasteiger partial charge in [-0.2, -0.15) is 4.98 Å². The highest BCUT2D eigenvalue weighted by molar-refractivity contribution is 9.10. The molecular formula is C18H21BrN8. The lowest BCUT2D eigenvalue weighted by Gasteiger charge is -2.41. The molecule has 1 aliphatic heterocycles. The molecule has 0 radical (unpaired) electrons. The van der Waals surface area contributed by atoms with Crippen LogP contribution in [0.1, 0.15) is 56.6 Å². The number of hydrogen-bond donors (Lipinski definition) is 0. The van der Waals surface area contributed by atoms with Crippen LogP contribution in [0.25, 0.3) is 11.6 Å². The fraction of sp³-hybridized carbons (Fsp3) is 0.500. The molecule has 0 amide bonds. The van der Waals surface area contributed by atoms with Crippen molar-refractivity contribution in [1.29, 1.82) is 0 Å². The molecule has 1 atom stereocenters. The summed E-state index contributed by atoms with van der Waals surface area (Å²) in [7, 11) is 0. The van der Waals surface area contributed by atoms with Gasteiger partial charge in [0.2, 0.25) is 5.95 Å². The number of anilines is 1. The van der Waals surface area contributed by atoms with Crippen LogP contribution in [0.15, 0.2) is 23.5 Å². The van der Waals surface area contributed by atoms with Gasteiger partial charge in [-0.3, -0.25) is 9.13 Å². The van der Waals surface area contributed by atoms with Gasteiger partial charge in [-0.15, -0.1) is 10.2 Å². The van der Waals surface area contributed by atoms with Crippen LogP contribution in [0.4, 0.5) is 5.82 Å². The molecule has 0 bridgehead atoms. The molecule has 8 nitrogen and oxygen atoms in total. The number of aromatic nitrogens is 7. The third-order valence-corrected chi connectivity index (χ3v) is 6.22. The number of aryl methyl sites for hydroxylation is 1. The minimum absolute atomic E-state index is 0.177. The SMILES string of the molecule is CC[C@@H]1c2nncn2-c2c(C)nc(-n3ccnc3Br)nc2N1C1CCCC1. The first-order valence-corrected chi connectivity index (χ1v) is 10.2. The van der Waals surface area contributed by atoms with E-state index in [1.807, 2.05) is 17.7 Å². The summed E-state index contributed by atoms with van der Waals surface area (Å²) in [5, 5.41) is 8.65. The molecule has 0 saturated heterocycles. The molecule has 9 heteroatoms. The molecule has 0 aromatic carbocycles. The largest absolute Gasteiger partial charge is 0.341 e. The van der Waals surface area contributed by atoms with Crippen LogP contribution in [-0.2, 0) is 0 Å². The smallest absolute Gasteiger partial charge is 0.238 e. The third kappa shape index (κ3) is 2.51. The average molecular weight is 429 g/mol. The fourth-order valence-electron chi connectivity index (χ4n) is 4.45. The highest BCUT2D eigenvalue weighted by Crippen LogP contribution is 2.43. The van der Waals surface area contributed by atoms with Crippen LogP contribution < -0.4 is 4.90 Å². The van der Waals surface area contributed by atoms with Gasteiger partial charge in [0.1, 0.15) is 12.0 Å². The third-order valence-electron chi connectivity index (χ3n) is 5.64. The Kier molecular flexibility index (Phi) is 3.99. The summed E-state index contributed by atoms with van der Waals surface area (Å²) < 4.78 is 4.63. The Labute approximate surface area is 165 Å². The highest BCUT2D eigenvalue weighted by atomic mass is 79.9. The van der Waals surface area contributed by atoms with E-state index in [4.69, 9.17) is 9.97 Å². The topological polar surface area (TPSA) is 77.5 Å². The molecule has 4 heterocycles. The highest BCUT2D eigenvalue weighted by Gasteiger charge is 2.39. The molecule has 27 heavy (non-hydrogen) atoms. The lowest BCUT2D eigenvalue weighted by Crippen LogP contribution is -2.42. The second-order valence-electron chi connectivity index (χ2n) is 7.18. The Morgan fingerprint density at radius 1 is 1.19 bits per heavy atom. The van der Waals surface area contributed by atoms with Gasteiger partial charge >= 0.3 is 0 Å². The number of rotatable bonds is 3. The van der Waals surface area contributed by atoms with Gasteiger partial charge in [-0.25, -0.2) is 9.97 Å². The number of fused-ring (bicyclic) bond motifs is 3. The van der Waals surface area contributed by atoms with E-state index in [9.17, 15) is 0 Å². The molecule has 1 aliphatic carbocycles. The Bertz CT molecular complexity index is 987.